The van der Waals surface area contributed by atoms with Crippen LogP contribution in [-0.2, 0) is 4.79 Å². The van der Waals surface area contributed by atoms with Gasteiger partial charge in [-0.3, -0.25) is 4.90 Å². The minimum Gasteiger partial charge on any atom is -0.302 e. The predicted molar refractivity (Wildman–Crippen MR) is 38.4 cm³/mol. The van der Waals surface area contributed by atoms with E-state index >= 15 is 0 Å². The molecule has 0 aliphatic heterocycles. The van der Waals surface area contributed by atoms with Crippen LogP contribution in [-0.4, -0.2) is 30.3 Å². The van der Waals surface area contributed by atoms with Gasteiger partial charge in [0, 0.05) is 5.54 Å². The molecule has 0 aromatic rings. The van der Waals surface area contributed by atoms with Gasteiger partial charge in [-0.15, -0.1) is 0 Å². The highest BCUT2D eigenvalue weighted by Gasteiger charge is 2.15. The van der Waals surface area contributed by atoms with Crippen molar-refractivity contribution in [2.24, 2.45) is 0 Å². The SMILES string of the molecule is CN(CC=O)C(C)(C)C. The molecule has 0 fully saturated rings. The number of hydrogen-bond donors (Lipinski definition) is 0. The summed E-state index contributed by atoms with van der Waals surface area (Å²) in [4.78, 5) is 12.0. The minimum absolute atomic E-state index is 0.112. The number of likely N-dealkylation sites (N-methyl/N-ethyl adjacent to an activating group) is 1. The number of carbonyl (C=O) groups excluding carboxylic acids is 1. The lowest BCUT2D eigenvalue weighted by molar-refractivity contribution is -0.109. The van der Waals surface area contributed by atoms with Crippen molar-refractivity contribution in [1.82, 2.24) is 4.90 Å². The average molecular weight is 129 g/mol. The summed E-state index contributed by atoms with van der Waals surface area (Å²) in [5.74, 6) is 0. The Bertz CT molecular complexity index is 93.6. The number of hydrogen-bond acceptors (Lipinski definition) is 2. The molecule has 9 heavy (non-hydrogen) atoms. The van der Waals surface area contributed by atoms with Crippen molar-refractivity contribution in [3.63, 3.8) is 0 Å². The van der Waals surface area contributed by atoms with Crippen LogP contribution in [0.5, 0.6) is 0 Å². The second-order valence-corrected chi connectivity index (χ2v) is 3.22. The molecule has 0 heterocycles. The zero-order valence-corrected chi connectivity index (χ0v) is 6.64. The molecule has 2 heteroatoms. The van der Waals surface area contributed by atoms with Gasteiger partial charge in [-0.25, -0.2) is 0 Å². The Morgan fingerprint density at radius 2 is 1.89 bits per heavy atom. The van der Waals surface area contributed by atoms with Gasteiger partial charge >= 0.3 is 0 Å². The number of rotatable bonds is 2. The van der Waals surface area contributed by atoms with Crippen LogP contribution in [0.1, 0.15) is 20.8 Å². The third-order valence-electron chi connectivity index (χ3n) is 1.49. The molecule has 0 radical (unpaired) electrons. The fourth-order valence-corrected chi connectivity index (χ4v) is 0.386. The second-order valence-electron chi connectivity index (χ2n) is 3.22. The van der Waals surface area contributed by atoms with Gasteiger partial charge in [0.15, 0.2) is 0 Å². The maximum Gasteiger partial charge on any atom is 0.133 e. The quantitative estimate of drug-likeness (QED) is 0.517. The third-order valence-corrected chi connectivity index (χ3v) is 1.49. The first-order valence-corrected chi connectivity index (χ1v) is 3.13. The van der Waals surface area contributed by atoms with E-state index in [1.54, 1.807) is 0 Å². The second kappa shape index (κ2) is 2.97. The standard InChI is InChI=1S/C7H15NO/c1-7(2,3)8(4)5-6-9/h6H,5H2,1-4H3. The summed E-state index contributed by atoms with van der Waals surface area (Å²) in [7, 11) is 1.94. The molecule has 0 atom stereocenters. The first-order valence-electron chi connectivity index (χ1n) is 3.13. The molecule has 0 saturated heterocycles. The largest absolute Gasteiger partial charge is 0.302 e. The van der Waals surface area contributed by atoms with E-state index in [1.807, 2.05) is 11.9 Å². The molecule has 0 unspecified atom stereocenters. The lowest BCUT2D eigenvalue weighted by Crippen LogP contribution is -2.39. The molecule has 0 saturated carbocycles. The molecule has 0 aliphatic rings. The molecular weight excluding hydrogens is 114 g/mol. The molecule has 0 N–H and O–H groups in total. The Morgan fingerprint density at radius 1 is 1.44 bits per heavy atom. The molecule has 54 valence electrons. The van der Waals surface area contributed by atoms with Crippen LogP contribution in [0.2, 0.25) is 0 Å². The van der Waals surface area contributed by atoms with Gasteiger partial charge in [0.25, 0.3) is 0 Å². The van der Waals surface area contributed by atoms with Gasteiger partial charge < -0.3 is 4.79 Å². The van der Waals surface area contributed by atoms with Gasteiger partial charge in [-0.1, -0.05) is 0 Å². The molecule has 0 aromatic carbocycles. The van der Waals surface area contributed by atoms with E-state index in [0.717, 1.165) is 6.29 Å². The van der Waals surface area contributed by atoms with E-state index in [-0.39, 0.29) is 5.54 Å². The van der Waals surface area contributed by atoms with Crippen LogP contribution in [0.3, 0.4) is 0 Å². The van der Waals surface area contributed by atoms with Crippen molar-refractivity contribution < 1.29 is 4.79 Å². The normalized spacial score (nSPS) is 12.1. The lowest BCUT2D eigenvalue weighted by atomic mass is 10.1. The number of aldehydes is 1. The highest BCUT2D eigenvalue weighted by Crippen LogP contribution is 2.07. The topological polar surface area (TPSA) is 20.3 Å². The van der Waals surface area contributed by atoms with Gasteiger partial charge in [0.1, 0.15) is 6.29 Å². The number of nitrogens with zero attached hydrogens (tertiary/aromatic N) is 1. The molecule has 0 bridgehead atoms. The van der Waals surface area contributed by atoms with Crippen LogP contribution in [0, 0.1) is 0 Å². The zero-order valence-electron chi connectivity index (χ0n) is 6.64. The van der Waals surface area contributed by atoms with Gasteiger partial charge in [0.05, 0.1) is 6.54 Å². The maximum absolute atomic E-state index is 10.0. The Hall–Kier alpha value is -0.370. The van der Waals surface area contributed by atoms with Crippen molar-refractivity contribution in [3.8, 4) is 0 Å². The fourth-order valence-electron chi connectivity index (χ4n) is 0.386. The van der Waals surface area contributed by atoms with Crippen molar-refractivity contribution >= 4 is 6.29 Å². The van der Waals surface area contributed by atoms with Crippen molar-refractivity contribution in [3.05, 3.63) is 0 Å². The molecule has 0 spiro atoms. The minimum atomic E-state index is 0.112. The fraction of sp³-hybridized carbons (Fsp3) is 0.857. The Morgan fingerprint density at radius 3 is 2.00 bits per heavy atom. The molecule has 2 nitrogen and oxygen atoms in total. The molecule has 0 aliphatic carbocycles. The highest BCUT2D eigenvalue weighted by atomic mass is 16.1. The Labute approximate surface area is 56.9 Å². The van der Waals surface area contributed by atoms with Gasteiger partial charge in [0.2, 0.25) is 0 Å². The zero-order chi connectivity index (χ0) is 7.49. The number of carbonyl (C=O) groups is 1. The van der Waals surface area contributed by atoms with Crippen LogP contribution in [0.25, 0.3) is 0 Å². The summed E-state index contributed by atoms with van der Waals surface area (Å²) in [6.45, 7) is 6.76. The summed E-state index contributed by atoms with van der Waals surface area (Å²) in [5, 5.41) is 0. The van der Waals surface area contributed by atoms with E-state index in [2.05, 4.69) is 20.8 Å². The molecule has 0 aromatic heterocycles. The van der Waals surface area contributed by atoms with Crippen LogP contribution < -0.4 is 0 Å². The van der Waals surface area contributed by atoms with E-state index in [0.29, 0.717) is 6.54 Å². The highest BCUT2D eigenvalue weighted by molar-refractivity contribution is 5.52. The predicted octanol–water partition coefficient (Wildman–Crippen LogP) is 0.916. The molecule has 0 amide bonds. The van der Waals surface area contributed by atoms with Crippen LogP contribution >= 0.6 is 0 Å². The summed E-state index contributed by atoms with van der Waals surface area (Å²) in [6.07, 6.45) is 0.922. The summed E-state index contributed by atoms with van der Waals surface area (Å²) in [6, 6.07) is 0. The van der Waals surface area contributed by atoms with Crippen molar-refractivity contribution in [1.29, 1.82) is 0 Å². The Kier molecular flexibility index (Phi) is 2.85. The van der Waals surface area contributed by atoms with Gasteiger partial charge in [-0.05, 0) is 27.8 Å². The van der Waals surface area contributed by atoms with Crippen molar-refractivity contribution in [2.75, 3.05) is 13.6 Å². The van der Waals surface area contributed by atoms with Crippen molar-refractivity contribution in [2.45, 2.75) is 26.3 Å². The summed E-state index contributed by atoms with van der Waals surface area (Å²) in [5.41, 5.74) is 0.112. The third kappa shape index (κ3) is 3.25. The van der Waals surface area contributed by atoms with E-state index in [1.165, 1.54) is 0 Å². The summed E-state index contributed by atoms with van der Waals surface area (Å²) < 4.78 is 0. The van der Waals surface area contributed by atoms with E-state index < -0.39 is 0 Å². The first-order chi connectivity index (χ1) is 3.98. The first kappa shape index (κ1) is 8.63. The monoisotopic (exact) mass is 129 g/mol. The van der Waals surface area contributed by atoms with Crippen LogP contribution in [0.4, 0.5) is 0 Å². The van der Waals surface area contributed by atoms with Crippen LogP contribution in [0.15, 0.2) is 0 Å². The van der Waals surface area contributed by atoms with Gasteiger partial charge in [-0.2, -0.15) is 0 Å². The Balaban J connectivity index is 3.72. The van der Waals surface area contributed by atoms with E-state index in [9.17, 15) is 4.79 Å². The summed E-state index contributed by atoms with van der Waals surface area (Å²) >= 11 is 0. The van der Waals surface area contributed by atoms with E-state index in [4.69, 9.17) is 0 Å². The molecular formula is C7H15NO. The smallest absolute Gasteiger partial charge is 0.133 e. The molecule has 0 rings (SSSR count). The average Bonchev–Trinajstić information content (AvgIpc) is 1.64. The maximum atomic E-state index is 10.0. The lowest BCUT2D eigenvalue weighted by Gasteiger charge is -2.29.